The number of rotatable bonds is 5. The number of hydrogen-bond acceptors (Lipinski definition) is 5. The molecule has 1 heterocycles. The predicted molar refractivity (Wildman–Crippen MR) is 107 cm³/mol. The summed E-state index contributed by atoms with van der Waals surface area (Å²) in [5.74, 6) is -0.318. The SMILES string of the molecule is C=C[C@]1(C)[C@@H](O[Si](C)(C)C(C)(C)C)C[C@H](CC2=CCOCO2)C(=O)[C@@H]1C#N. The second-order valence-electron chi connectivity index (χ2n) is 9.34. The van der Waals surface area contributed by atoms with Crippen LogP contribution in [0, 0.1) is 28.6 Å². The Morgan fingerprint density at radius 1 is 1.48 bits per heavy atom. The standard InChI is InChI=1S/C21H33NO4Si/c1-8-21(5)17(13-22)19(23)15(11-16-9-10-24-14-25-16)12-18(21)26-27(6,7)20(2,3)4/h8-9,15,17-18H,1,10-12,14H2,2-7H3/t15-,17-,18-,21-/m0/s1. The topological polar surface area (TPSA) is 68.6 Å². The second-order valence-corrected chi connectivity index (χ2v) is 14.1. The first-order valence-corrected chi connectivity index (χ1v) is 12.5. The fraction of sp³-hybridized carbons (Fsp3) is 0.714. The number of nitrogens with zero attached hydrogens (tertiary/aromatic N) is 1. The number of nitriles is 1. The van der Waals surface area contributed by atoms with E-state index in [2.05, 4.69) is 46.5 Å². The largest absolute Gasteiger partial charge is 0.472 e. The third-order valence-electron chi connectivity index (χ3n) is 6.52. The molecule has 2 aliphatic rings. The van der Waals surface area contributed by atoms with Crippen molar-refractivity contribution in [2.45, 2.75) is 64.8 Å². The molecule has 0 saturated heterocycles. The maximum Gasteiger partial charge on any atom is 0.192 e. The Balaban J connectivity index is 2.33. The van der Waals surface area contributed by atoms with Gasteiger partial charge in [0.15, 0.2) is 20.9 Å². The molecule has 0 spiro atoms. The first-order valence-electron chi connectivity index (χ1n) is 9.60. The molecule has 6 heteroatoms. The van der Waals surface area contributed by atoms with Crippen LogP contribution >= 0.6 is 0 Å². The third kappa shape index (κ3) is 4.36. The summed E-state index contributed by atoms with van der Waals surface area (Å²) in [7, 11) is -2.08. The lowest BCUT2D eigenvalue weighted by molar-refractivity contribution is -0.137. The Bertz CT molecular complexity index is 658. The van der Waals surface area contributed by atoms with Crippen molar-refractivity contribution in [2.75, 3.05) is 13.4 Å². The van der Waals surface area contributed by atoms with Crippen molar-refractivity contribution in [2.24, 2.45) is 17.3 Å². The Labute approximate surface area is 164 Å². The average Bonchev–Trinajstić information content (AvgIpc) is 2.59. The Morgan fingerprint density at radius 2 is 2.15 bits per heavy atom. The van der Waals surface area contributed by atoms with Crippen LogP contribution in [0.25, 0.3) is 0 Å². The van der Waals surface area contributed by atoms with Crippen molar-refractivity contribution in [3.05, 3.63) is 24.5 Å². The molecule has 0 aromatic carbocycles. The zero-order valence-electron chi connectivity index (χ0n) is 17.5. The quantitative estimate of drug-likeness (QED) is 0.507. The monoisotopic (exact) mass is 391 g/mol. The summed E-state index contributed by atoms with van der Waals surface area (Å²) < 4.78 is 17.4. The molecular formula is C21H33NO4Si. The van der Waals surface area contributed by atoms with Gasteiger partial charge in [-0.15, -0.1) is 6.58 Å². The number of ketones is 1. The van der Waals surface area contributed by atoms with E-state index in [1.165, 1.54) is 0 Å². The molecule has 1 fully saturated rings. The van der Waals surface area contributed by atoms with Crippen LogP contribution in [0.15, 0.2) is 24.5 Å². The van der Waals surface area contributed by atoms with E-state index in [1.807, 2.05) is 13.0 Å². The predicted octanol–water partition coefficient (Wildman–Crippen LogP) is 4.58. The molecular weight excluding hydrogens is 358 g/mol. The highest BCUT2D eigenvalue weighted by molar-refractivity contribution is 6.74. The number of carbonyl (C=O) groups excluding carboxylic acids is 1. The molecule has 4 atom stereocenters. The fourth-order valence-electron chi connectivity index (χ4n) is 3.46. The van der Waals surface area contributed by atoms with E-state index in [1.54, 1.807) is 6.08 Å². The van der Waals surface area contributed by atoms with Gasteiger partial charge in [0.1, 0.15) is 5.92 Å². The maximum atomic E-state index is 13.1. The van der Waals surface area contributed by atoms with Gasteiger partial charge in [-0.3, -0.25) is 4.79 Å². The van der Waals surface area contributed by atoms with Gasteiger partial charge in [0.2, 0.25) is 0 Å². The van der Waals surface area contributed by atoms with E-state index >= 15 is 0 Å². The molecule has 1 saturated carbocycles. The van der Waals surface area contributed by atoms with Crippen LogP contribution in [0.5, 0.6) is 0 Å². The summed E-state index contributed by atoms with van der Waals surface area (Å²) >= 11 is 0. The Morgan fingerprint density at radius 3 is 2.63 bits per heavy atom. The number of ether oxygens (including phenoxy) is 2. The van der Waals surface area contributed by atoms with E-state index < -0.39 is 19.7 Å². The van der Waals surface area contributed by atoms with E-state index in [4.69, 9.17) is 13.9 Å². The van der Waals surface area contributed by atoms with E-state index in [0.717, 1.165) is 5.76 Å². The molecule has 0 radical (unpaired) electrons. The number of allylic oxidation sites excluding steroid dienone is 1. The van der Waals surface area contributed by atoms with Gasteiger partial charge in [-0.25, -0.2) is 0 Å². The summed E-state index contributed by atoms with van der Waals surface area (Å²) in [6.07, 6.45) is 4.46. The van der Waals surface area contributed by atoms with Gasteiger partial charge in [0.25, 0.3) is 0 Å². The van der Waals surface area contributed by atoms with Crippen molar-refractivity contribution in [3.8, 4) is 6.07 Å². The lowest BCUT2D eigenvalue weighted by Crippen LogP contribution is -2.55. The van der Waals surface area contributed by atoms with Crippen molar-refractivity contribution in [1.82, 2.24) is 0 Å². The molecule has 0 unspecified atom stereocenters. The van der Waals surface area contributed by atoms with E-state index in [0.29, 0.717) is 19.4 Å². The molecule has 1 aliphatic heterocycles. The first-order chi connectivity index (χ1) is 12.5. The van der Waals surface area contributed by atoms with Crippen LogP contribution in [0.1, 0.15) is 40.5 Å². The number of Topliss-reactive ketones (excluding diaryl/α,β-unsaturated/α-hetero) is 1. The van der Waals surface area contributed by atoms with Gasteiger partial charge in [-0.2, -0.15) is 5.26 Å². The molecule has 150 valence electrons. The molecule has 27 heavy (non-hydrogen) atoms. The van der Waals surface area contributed by atoms with Crippen LogP contribution in [0.3, 0.4) is 0 Å². The summed E-state index contributed by atoms with van der Waals surface area (Å²) in [5.41, 5.74) is -0.692. The summed E-state index contributed by atoms with van der Waals surface area (Å²) in [6, 6.07) is 2.25. The van der Waals surface area contributed by atoms with Crippen molar-refractivity contribution in [3.63, 3.8) is 0 Å². The molecule has 0 aromatic rings. The van der Waals surface area contributed by atoms with E-state index in [9.17, 15) is 10.1 Å². The minimum Gasteiger partial charge on any atom is -0.472 e. The van der Waals surface area contributed by atoms with Crippen molar-refractivity contribution in [1.29, 1.82) is 5.26 Å². The highest BCUT2D eigenvalue weighted by atomic mass is 28.4. The molecule has 5 nitrogen and oxygen atoms in total. The molecule has 1 aliphatic carbocycles. The van der Waals surface area contributed by atoms with Crippen molar-refractivity contribution >= 4 is 14.1 Å². The van der Waals surface area contributed by atoms with Crippen LogP contribution in [0.2, 0.25) is 18.1 Å². The number of carbonyl (C=O) groups is 1. The van der Waals surface area contributed by atoms with Gasteiger partial charge >= 0.3 is 0 Å². The van der Waals surface area contributed by atoms with Gasteiger partial charge in [0, 0.05) is 17.8 Å². The highest BCUT2D eigenvalue weighted by Gasteiger charge is 2.54. The number of hydrogen-bond donors (Lipinski definition) is 0. The first kappa shape index (κ1) is 21.9. The molecule has 0 bridgehead atoms. The summed E-state index contributed by atoms with van der Waals surface area (Å²) in [4.78, 5) is 13.1. The Kier molecular flexibility index (Phi) is 6.40. The van der Waals surface area contributed by atoms with Gasteiger partial charge in [-0.1, -0.05) is 33.8 Å². The zero-order chi connectivity index (χ0) is 20.5. The zero-order valence-corrected chi connectivity index (χ0v) is 18.5. The average molecular weight is 392 g/mol. The lowest BCUT2D eigenvalue weighted by Gasteiger charge is -2.49. The third-order valence-corrected chi connectivity index (χ3v) is 11.0. The lowest BCUT2D eigenvalue weighted by atomic mass is 9.62. The highest BCUT2D eigenvalue weighted by Crippen LogP contribution is 2.48. The van der Waals surface area contributed by atoms with Crippen LogP contribution in [-0.4, -0.2) is 33.6 Å². The minimum atomic E-state index is -2.08. The minimum absolute atomic E-state index is 0.0361. The molecule has 0 amide bonds. The Hall–Kier alpha value is -1.42. The molecule has 0 aromatic heterocycles. The van der Waals surface area contributed by atoms with Gasteiger partial charge in [-0.05, 0) is 30.6 Å². The maximum absolute atomic E-state index is 13.1. The van der Waals surface area contributed by atoms with Crippen LogP contribution < -0.4 is 0 Å². The van der Waals surface area contributed by atoms with E-state index in [-0.39, 0.29) is 29.6 Å². The fourth-order valence-corrected chi connectivity index (χ4v) is 4.88. The van der Waals surface area contributed by atoms with Crippen LogP contribution in [0.4, 0.5) is 0 Å². The van der Waals surface area contributed by atoms with Gasteiger partial charge in [0.05, 0.1) is 24.5 Å². The van der Waals surface area contributed by atoms with Crippen LogP contribution in [-0.2, 0) is 18.7 Å². The summed E-state index contributed by atoms with van der Waals surface area (Å²) in [5, 5.41) is 9.84. The summed E-state index contributed by atoms with van der Waals surface area (Å²) in [6.45, 7) is 17.6. The molecule has 0 N–H and O–H groups in total. The second kappa shape index (κ2) is 7.90. The van der Waals surface area contributed by atoms with Crippen molar-refractivity contribution < 1.29 is 18.7 Å². The van der Waals surface area contributed by atoms with Gasteiger partial charge < -0.3 is 13.9 Å². The normalized spacial score (nSPS) is 32.3. The smallest absolute Gasteiger partial charge is 0.192 e. The molecule has 2 rings (SSSR count).